The molecule has 3 aromatic heterocycles. The Hall–Kier alpha value is -4.87. The number of aromatic nitrogens is 2. The van der Waals surface area contributed by atoms with Gasteiger partial charge in [-0.2, -0.15) is 0 Å². The number of nitrogens with one attached hydrogen (secondary N) is 3. The smallest absolute Gasteiger partial charge is 0.414 e. The van der Waals surface area contributed by atoms with E-state index in [1.165, 1.54) is 27.6 Å². The van der Waals surface area contributed by atoms with Gasteiger partial charge in [-0.1, -0.05) is 43.2 Å². The number of allylic oxidation sites excluding steroid dienone is 1. The summed E-state index contributed by atoms with van der Waals surface area (Å²) in [5, 5.41) is 9.05. The Labute approximate surface area is 325 Å². The third-order valence-corrected chi connectivity index (χ3v) is 13.8. The number of fused-ring (bicyclic) bond motifs is 3. The van der Waals surface area contributed by atoms with Gasteiger partial charge in [0.05, 0.1) is 27.7 Å². The molecular weight excluding hydrogens is 765 g/mol. The van der Waals surface area contributed by atoms with Crippen molar-refractivity contribution < 1.29 is 37.1 Å². The zero-order valence-corrected chi connectivity index (χ0v) is 32.2. The van der Waals surface area contributed by atoms with Crippen LogP contribution in [0.3, 0.4) is 0 Å². The molecule has 0 spiro atoms. The molecule has 4 aliphatic rings. The summed E-state index contributed by atoms with van der Waals surface area (Å²) in [7, 11) is -3.90. The topological polar surface area (TPSA) is 186 Å². The number of rotatable bonds is 8. The van der Waals surface area contributed by atoms with Gasteiger partial charge in [-0.3, -0.25) is 19.1 Å². The van der Waals surface area contributed by atoms with E-state index in [-0.39, 0.29) is 25.3 Å². The van der Waals surface area contributed by atoms with Gasteiger partial charge in [-0.05, 0) is 79.6 Å². The number of hydrogen-bond acceptors (Lipinski definition) is 12. The molecule has 2 saturated carbocycles. The number of carbonyl (C=O) groups excluding carboxylic acids is 4. The maximum absolute atomic E-state index is 14.6. The van der Waals surface area contributed by atoms with Gasteiger partial charge in [0.2, 0.25) is 27.7 Å². The SMILES string of the molecule is O=C(N[C@H]1CCCCC/C=C\C2C[C@@]2(C(=O)NS(=O)(=O)C2CC2)NC(=O)[C@@H]2C[C@@H](Oc3nc4ccccc4nc3-c3cccs3)CN2C1=O)Oc1cccs1. The first-order chi connectivity index (χ1) is 26.6. The average Bonchev–Trinajstić information content (AvgIpc) is 3.90. The highest BCUT2D eigenvalue weighted by Gasteiger charge is 2.62. The van der Waals surface area contributed by atoms with Crippen molar-refractivity contribution >= 4 is 67.5 Å². The summed E-state index contributed by atoms with van der Waals surface area (Å²) in [5.41, 5.74) is 0.289. The van der Waals surface area contributed by atoms with E-state index in [1.54, 1.807) is 17.5 Å². The molecule has 3 N–H and O–H groups in total. The number of carbonyl (C=O) groups is 4. The molecule has 2 aliphatic carbocycles. The monoisotopic (exact) mass is 804 g/mol. The van der Waals surface area contributed by atoms with Crippen LogP contribution in [0.1, 0.15) is 57.8 Å². The van der Waals surface area contributed by atoms with Gasteiger partial charge in [0.15, 0.2) is 5.06 Å². The lowest BCUT2D eigenvalue weighted by molar-refractivity contribution is -0.141. The number of amides is 4. The highest BCUT2D eigenvalue weighted by molar-refractivity contribution is 7.91. The molecule has 4 amide bonds. The largest absolute Gasteiger partial charge is 0.471 e. The van der Waals surface area contributed by atoms with Crippen molar-refractivity contribution in [1.29, 1.82) is 0 Å². The molecule has 5 atom stereocenters. The summed E-state index contributed by atoms with van der Waals surface area (Å²) in [6, 6.07) is 12.4. The van der Waals surface area contributed by atoms with Gasteiger partial charge in [0.1, 0.15) is 29.4 Å². The minimum absolute atomic E-state index is 0.0287. The van der Waals surface area contributed by atoms with E-state index in [1.807, 2.05) is 53.9 Å². The van der Waals surface area contributed by atoms with E-state index in [4.69, 9.17) is 19.4 Å². The van der Waals surface area contributed by atoms with Crippen LogP contribution in [0.25, 0.3) is 21.6 Å². The number of ether oxygens (including phenoxy) is 2. The highest BCUT2D eigenvalue weighted by atomic mass is 32.2. The van der Waals surface area contributed by atoms with E-state index < -0.39 is 68.7 Å². The minimum atomic E-state index is -3.90. The number of hydrogen-bond donors (Lipinski definition) is 3. The zero-order valence-electron chi connectivity index (χ0n) is 29.7. The summed E-state index contributed by atoms with van der Waals surface area (Å²) < 4.78 is 39.9. The second-order valence-corrected chi connectivity index (χ2v) is 18.2. The zero-order chi connectivity index (χ0) is 38.2. The first-order valence-electron chi connectivity index (χ1n) is 18.4. The van der Waals surface area contributed by atoms with E-state index in [2.05, 4.69) is 15.4 Å². The average molecular weight is 805 g/mol. The molecule has 2 aliphatic heterocycles. The Morgan fingerprint density at radius 3 is 2.47 bits per heavy atom. The molecule has 3 fully saturated rings. The lowest BCUT2D eigenvalue weighted by Gasteiger charge is -2.29. The molecule has 0 radical (unpaired) electrons. The second kappa shape index (κ2) is 15.3. The predicted octanol–water partition coefficient (Wildman–Crippen LogP) is 4.93. The van der Waals surface area contributed by atoms with Gasteiger partial charge in [0, 0.05) is 12.3 Å². The minimum Gasteiger partial charge on any atom is -0.471 e. The van der Waals surface area contributed by atoms with Crippen molar-refractivity contribution in [1.82, 2.24) is 30.2 Å². The van der Waals surface area contributed by atoms with Gasteiger partial charge in [-0.25, -0.2) is 23.2 Å². The molecule has 1 saturated heterocycles. The maximum Gasteiger partial charge on any atom is 0.414 e. The van der Waals surface area contributed by atoms with Crippen LogP contribution in [0.5, 0.6) is 10.9 Å². The first kappa shape index (κ1) is 37.1. The van der Waals surface area contributed by atoms with Crippen LogP contribution in [0.4, 0.5) is 4.79 Å². The van der Waals surface area contributed by atoms with Crippen LogP contribution in [-0.2, 0) is 24.4 Å². The Morgan fingerprint density at radius 2 is 1.73 bits per heavy atom. The first-order valence-corrected chi connectivity index (χ1v) is 21.7. The molecule has 8 rings (SSSR count). The summed E-state index contributed by atoms with van der Waals surface area (Å²) in [4.78, 5) is 67.7. The Kier molecular flexibility index (Phi) is 10.3. The standard InChI is InChI=1S/C38H40N6O8S3/c45-33-29-20-24(51-34-32(30-14-8-18-53-30)39-26-11-6-7-12-27(26)40-34)22-44(29)35(46)28(41-37(48)52-31-15-9-19-54-31)13-5-3-1-2-4-10-23-21-38(23,42-33)36(47)43-55(49,50)25-16-17-25/h4,6-12,14-15,18-19,23-25,28-29H,1-3,5,13,16-17,20-22H2,(H,41,48)(H,42,45)(H,43,47)/b10-4-/t23?,24-,28+,29+,38-/m1/s1. The van der Waals surface area contributed by atoms with Crippen molar-refractivity contribution in [3.63, 3.8) is 0 Å². The predicted molar refractivity (Wildman–Crippen MR) is 206 cm³/mol. The van der Waals surface area contributed by atoms with Crippen molar-refractivity contribution in [2.75, 3.05) is 6.54 Å². The van der Waals surface area contributed by atoms with E-state index in [0.717, 1.165) is 17.7 Å². The summed E-state index contributed by atoms with van der Waals surface area (Å²) in [5.74, 6) is -2.13. The number of para-hydroxylation sites is 2. The number of sulfonamides is 1. The molecule has 288 valence electrons. The van der Waals surface area contributed by atoms with E-state index in [9.17, 15) is 27.6 Å². The van der Waals surface area contributed by atoms with Crippen LogP contribution < -0.4 is 24.8 Å². The van der Waals surface area contributed by atoms with Crippen LogP contribution in [0.2, 0.25) is 0 Å². The molecule has 0 bridgehead atoms. The van der Waals surface area contributed by atoms with Gasteiger partial charge in [-0.15, -0.1) is 22.7 Å². The van der Waals surface area contributed by atoms with Gasteiger partial charge >= 0.3 is 6.09 Å². The molecule has 1 aromatic carbocycles. The van der Waals surface area contributed by atoms with Crippen LogP contribution in [0.15, 0.2) is 71.4 Å². The van der Waals surface area contributed by atoms with Crippen LogP contribution >= 0.6 is 22.7 Å². The van der Waals surface area contributed by atoms with Crippen LogP contribution in [0, 0.1) is 5.92 Å². The van der Waals surface area contributed by atoms with Crippen molar-refractivity contribution in [2.24, 2.45) is 5.92 Å². The Morgan fingerprint density at radius 1 is 0.945 bits per heavy atom. The molecule has 5 heterocycles. The normalized spacial score (nSPS) is 26.4. The molecule has 14 nitrogen and oxygen atoms in total. The molecule has 55 heavy (non-hydrogen) atoms. The van der Waals surface area contributed by atoms with E-state index >= 15 is 0 Å². The molecule has 1 unspecified atom stereocenters. The van der Waals surface area contributed by atoms with Crippen molar-refractivity contribution in [2.45, 2.75) is 86.8 Å². The lowest BCUT2D eigenvalue weighted by Crippen LogP contribution is -2.58. The van der Waals surface area contributed by atoms with Crippen molar-refractivity contribution in [3.05, 3.63) is 71.4 Å². The fourth-order valence-electron chi connectivity index (χ4n) is 7.23. The fourth-order valence-corrected chi connectivity index (χ4v) is 9.87. The number of nitrogens with zero attached hydrogens (tertiary/aromatic N) is 3. The molecular formula is C38H40N6O8S3. The summed E-state index contributed by atoms with van der Waals surface area (Å²) in [6.45, 7) is -0.0357. The quantitative estimate of drug-likeness (QED) is 0.206. The third kappa shape index (κ3) is 8.09. The highest BCUT2D eigenvalue weighted by Crippen LogP contribution is 2.46. The van der Waals surface area contributed by atoms with Gasteiger partial charge < -0.3 is 25.0 Å². The number of thiophene rings is 2. The van der Waals surface area contributed by atoms with E-state index in [0.29, 0.717) is 53.9 Å². The second-order valence-electron chi connectivity index (χ2n) is 14.4. The van der Waals surface area contributed by atoms with Crippen LogP contribution in [-0.4, -0.2) is 82.6 Å². The Bertz CT molecular complexity index is 2230. The summed E-state index contributed by atoms with van der Waals surface area (Å²) in [6.07, 6.45) is 6.59. The third-order valence-electron chi connectivity index (χ3n) is 10.4. The fraction of sp³-hybridized carbons (Fsp3) is 0.421. The number of benzene rings is 1. The summed E-state index contributed by atoms with van der Waals surface area (Å²) >= 11 is 2.71. The lowest BCUT2D eigenvalue weighted by atomic mass is 10.1. The van der Waals surface area contributed by atoms with Crippen molar-refractivity contribution in [3.8, 4) is 21.5 Å². The van der Waals surface area contributed by atoms with Gasteiger partial charge in [0.25, 0.3) is 5.91 Å². The Balaban J connectivity index is 1.11. The maximum atomic E-state index is 14.6. The molecule has 4 aromatic rings. The molecule has 17 heteroatoms.